The summed E-state index contributed by atoms with van der Waals surface area (Å²) in [6.07, 6.45) is 4.88. The van der Waals surface area contributed by atoms with Crippen LogP contribution in [0.1, 0.15) is 85.3 Å². The van der Waals surface area contributed by atoms with Crippen LogP contribution in [-0.4, -0.2) is 80.0 Å². The molecular weight excluding hydrogens is 726 g/mol. The van der Waals surface area contributed by atoms with Gasteiger partial charge in [0.15, 0.2) is 0 Å². The maximum atomic E-state index is 12.8. The van der Waals surface area contributed by atoms with Gasteiger partial charge < -0.3 is 18.6 Å². The molecule has 12 nitrogen and oxygen atoms in total. The maximum Gasteiger partial charge on any atom is 0.265 e. The van der Waals surface area contributed by atoms with E-state index in [1.54, 1.807) is 24.3 Å². The Bertz CT molecular complexity index is 2100. The molecule has 0 saturated carbocycles. The minimum absolute atomic E-state index is 0.0906. The number of hydrogen-bond acceptors (Lipinski definition) is 9. The Kier molecular flexibility index (Phi) is 11.5. The zero-order valence-electron chi connectivity index (χ0n) is 31.1. The summed E-state index contributed by atoms with van der Waals surface area (Å²) >= 11 is 0. The third-order valence-corrected chi connectivity index (χ3v) is 12.9. The lowest BCUT2D eigenvalue weighted by Gasteiger charge is -2.26. The van der Waals surface area contributed by atoms with Crippen LogP contribution in [0.15, 0.2) is 46.2 Å². The molecule has 0 radical (unpaired) electrons. The summed E-state index contributed by atoms with van der Waals surface area (Å²) < 4.78 is 65.4. The van der Waals surface area contributed by atoms with Crippen molar-refractivity contribution >= 4 is 51.8 Å². The van der Waals surface area contributed by atoms with Crippen LogP contribution < -0.4 is 0 Å². The van der Waals surface area contributed by atoms with Crippen molar-refractivity contribution < 1.29 is 31.1 Å². The Balaban J connectivity index is 0.000000181. The number of benzene rings is 2. The SMILES string of the molecule is CC(C)(C)c1nc2cc(S(=O)(=O)Cl)ccc2n1CC1CCOCC1.CC(C)(C)c1nc2cc(S(=O)(=O)N3CCCO3)ccc2n1CC1CCOCC1. The molecule has 7 rings (SSSR count). The Morgan fingerprint density at radius 1 is 0.692 bits per heavy atom. The smallest absolute Gasteiger partial charge is 0.265 e. The van der Waals surface area contributed by atoms with Crippen molar-refractivity contribution in [2.75, 3.05) is 39.6 Å². The Labute approximate surface area is 312 Å². The molecule has 3 fully saturated rings. The van der Waals surface area contributed by atoms with Crippen LogP contribution in [0.3, 0.4) is 0 Å². The second kappa shape index (κ2) is 15.3. The van der Waals surface area contributed by atoms with Gasteiger partial charge in [-0.15, -0.1) is 0 Å². The van der Waals surface area contributed by atoms with E-state index in [-0.39, 0.29) is 20.6 Å². The second-order valence-corrected chi connectivity index (χ2v) is 20.6. The van der Waals surface area contributed by atoms with Crippen molar-refractivity contribution in [3.05, 3.63) is 48.0 Å². The summed E-state index contributed by atoms with van der Waals surface area (Å²) in [4.78, 5) is 15.2. The van der Waals surface area contributed by atoms with E-state index in [2.05, 4.69) is 50.7 Å². The Hall–Kier alpha value is -2.59. The molecule has 15 heteroatoms. The number of halogens is 1. The molecule has 0 amide bonds. The van der Waals surface area contributed by atoms with E-state index in [4.69, 9.17) is 35.0 Å². The average molecular weight is 778 g/mol. The second-order valence-electron chi connectivity index (χ2n) is 16.2. The number of aromatic nitrogens is 4. The lowest BCUT2D eigenvalue weighted by molar-refractivity contribution is -0.0284. The normalized spacial score (nSPS) is 19.0. The molecule has 2 aromatic carbocycles. The van der Waals surface area contributed by atoms with Crippen molar-refractivity contribution in [2.45, 2.75) is 107 Å². The van der Waals surface area contributed by atoms with Crippen LogP contribution in [0.25, 0.3) is 22.1 Å². The third-order valence-electron chi connectivity index (χ3n) is 9.91. The molecule has 3 aliphatic heterocycles. The van der Waals surface area contributed by atoms with E-state index < -0.39 is 19.1 Å². The van der Waals surface area contributed by atoms with Crippen LogP contribution in [0.5, 0.6) is 0 Å². The molecule has 52 heavy (non-hydrogen) atoms. The highest BCUT2D eigenvalue weighted by molar-refractivity contribution is 8.13. The van der Waals surface area contributed by atoms with Crippen LogP contribution in [-0.2, 0) is 57.3 Å². The van der Waals surface area contributed by atoms with Gasteiger partial charge in [-0.05, 0) is 80.3 Å². The Morgan fingerprint density at radius 2 is 1.13 bits per heavy atom. The third kappa shape index (κ3) is 8.69. The van der Waals surface area contributed by atoms with E-state index in [9.17, 15) is 16.8 Å². The van der Waals surface area contributed by atoms with Crippen LogP contribution in [0.4, 0.5) is 0 Å². The van der Waals surface area contributed by atoms with Gasteiger partial charge in [0.1, 0.15) is 11.6 Å². The number of imidazole rings is 2. The van der Waals surface area contributed by atoms with Crippen LogP contribution in [0, 0.1) is 11.8 Å². The molecule has 4 aromatic rings. The van der Waals surface area contributed by atoms with E-state index in [0.29, 0.717) is 30.5 Å². The van der Waals surface area contributed by atoms with Gasteiger partial charge >= 0.3 is 0 Å². The fourth-order valence-corrected chi connectivity index (χ4v) is 9.24. The highest BCUT2D eigenvalue weighted by Gasteiger charge is 2.31. The quantitative estimate of drug-likeness (QED) is 0.186. The minimum Gasteiger partial charge on any atom is -0.381 e. The molecule has 5 heterocycles. The van der Waals surface area contributed by atoms with Gasteiger partial charge in [0.05, 0.1) is 38.5 Å². The van der Waals surface area contributed by atoms with Crippen molar-refractivity contribution in [2.24, 2.45) is 11.8 Å². The Morgan fingerprint density at radius 3 is 1.54 bits per heavy atom. The van der Waals surface area contributed by atoms with Gasteiger partial charge in [-0.3, -0.25) is 4.84 Å². The fourth-order valence-electron chi connectivity index (χ4n) is 7.15. The standard InChI is InChI=1S/C20H29N3O4S.C17H23ClN2O3S/c1-20(2,3)19-21-17-13-16(28(24,25)23-9-4-10-27-23)5-6-18(17)22(19)14-15-7-11-26-12-8-15;1-17(2,3)16-19-14-10-13(24(18,21)22)4-5-15(14)20(16)11-12-6-8-23-9-7-12/h5-6,13,15H,4,7-12,14H2,1-3H3;4-5,10,12H,6-9,11H2,1-3H3. The summed E-state index contributed by atoms with van der Waals surface area (Å²) in [6, 6.07) is 10.2. The van der Waals surface area contributed by atoms with Gasteiger partial charge in [-0.1, -0.05) is 46.0 Å². The van der Waals surface area contributed by atoms with E-state index in [1.165, 1.54) is 0 Å². The lowest BCUT2D eigenvalue weighted by atomic mass is 9.94. The van der Waals surface area contributed by atoms with Gasteiger partial charge in [0.25, 0.3) is 19.1 Å². The highest BCUT2D eigenvalue weighted by Crippen LogP contribution is 2.33. The van der Waals surface area contributed by atoms with Crippen LogP contribution in [0.2, 0.25) is 0 Å². The molecule has 0 unspecified atom stereocenters. The summed E-state index contributed by atoms with van der Waals surface area (Å²) in [7, 11) is -1.93. The summed E-state index contributed by atoms with van der Waals surface area (Å²) in [5.41, 5.74) is 3.06. The van der Waals surface area contributed by atoms with Crippen molar-refractivity contribution in [3.63, 3.8) is 0 Å². The molecule has 2 aromatic heterocycles. The lowest BCUT2D eigenvalue weighted by Crippen LogP contribution is -2.26. The summed E-state index contributed by atoms with van der Waals surface area (Å²) in [5.74, 6) is 3.05. The number of fused-ring (bicyclic) bond motifs is 2. The predicted molar refractivity (Wildman–Crippen MR) is 201 cm³/mol. The molecule has 0 aliphatic carbocycles. The van der Waals surface area contributed by atoms with Crippen LogP contribution >= 0.6 is 10.7 Å². The van der Waals surface area contributed by atoms with Gasteiger partial charge in [0, 0.05) is 67.6 Å². The van der Waals surface area contributed by atoms with Crippen molar-refractivity contribution in [3.8, 4) is 0 Å². The first-order chi connectivity index (χ1) is 24.4. The first kappa shape index (κ1) is 39.1. The molecule has 0 N–H and O–H groups in total. The number of sulfonamides is 1. The number of ether oxygens (including phenoxy) is 2. The molecule has 286 valence electrons. The van der Waals surface area contributed by atoms with Gasteiger partial charge in [-0.25, -0.2) is 26.8 Å². The zero-order chi connectivity index (χ0) is 37.5. The number of hydrogen-bond donors (Lipinski definition) is 0. The number of hydroxylamine groups is 1. The molecule has 0 atom stereocenters. The molecular formula is C37H52ClN5O7S2. The highest BCUT2D eigenvalue weighted by atomic mass is 35.7. The molecule has 3 saturated heterocycles. The minimum atomic E-state index is -3.75. The number of rotatable bonds is 7. The van der Waals surface area contributed by atoms with Gasteiger partial charge in [-0.2, -0.15) is 0 Å². The first-order valence-electron chi connectivity index (χ1n) is 18.2. The first-order valence-corrected chi connectivity index (χ1v) is 22.0. The maximum absolute atomic E-state index is 12.8. The average Bonchev–Trinajstić information content (AvgIpc) is 3.84. The van der Waals surface area contributed by atoms with Crippen molar-refractivity contribution in [1.29, 1.82) is 0 Å². The largest absolute Gasteiger partial charge is 0.381 e. The monoisotopic (exact) mass is 777 g/mol. The molecule has 0 spiro atoms. The van der Waals surface area contributed by atoms with Crippen molar-refractivity contribution in [1.82, 2.24) is 23.6 Å². The predicted octanol–water partition coefficient (Wildman–Crippen LogP) is 6.77. The van der Waals surface area contributed by atoms with Gasteiger partial charge in [0.2, 0.25) is 0 Å². The molecule has 0 bridgehead atoms. The zero-order valence-corrected chi connectivity index (χ0v) is 33.5. The van der Waals surface area contributed by atoms with E-state index >= 15 is 0 Å². The fraction of sp³-hybridized carbons (Fsp3) is 0.622. The number of nitrogens with zero attached hydrogens (tertiary/aromatic N) is 5. The summed E-state index contributed by atoms with van der Waals surface area (Å²) in [6.45, 7) is 18.6. The molecule has 3 aliphatic rings. The topological polar surface area (TPSA) is 135 Å². The summed E-state index contributed by atoms with van der Waals surface area (Å²) in [5, 5.41) is 0. The van der Waals surface area contributed by atoms with E-state index in [0.717, 1.165) is 104 Å². The van der Waals surface area contributed by atoms with E-state index in [1.807, 2.05) is 12.1 Å².